The summed E-state index contributed by atoms with van der Waals surface area (Å²) in [6, 6.07) is 18.1. The van der Waals surface area contributed by atoms with Crippen molar-refractivity contribution >= 4 is 35.7 Å². The molecule has 236 valence electrons. The van der Waals surface area contributed by atoms with E-state index in [1.54, 1.807) is 76.2 Å². The summed E-state index contributed by atoms with van der Waals surface area (Å²) in [6.45, 7) is 5.98. The van der Waals surface area contributed by atoms with E-state index < -0.39 is 52.0 Å². The van der Waals surface area contributed by atoms with Crippen LogP contribution >= 0.6 is 0 Å². The lowest BCUT2D eigenvalue weighted by Crippen LogP contribution is -2.41. The number of nitrogens with zero attached hydrogens (tertiary/aromatic N) is 2. The average molecular weight is 619 g/mol. The van der Waals surface area contributed by atoms with Gasteiger partial charge >= 0.3 is 29.7 Å². The molecule has 0 unspecified atom stereocenters. The largest absolute Gasteiger partial charge is 0.462 e. The van der Waals surface area contributed by atoms with E-state index in [2.05, 4.69) is 9.98 Å². The zero-order valence-corrected chi connectivity index (χ0v) is 25.5. The molecule has 1 spiro atoms. The molecule has 0 fully saturated rings. The topological polar surface area (TPSA) is 148 Å². The van der Waals surface area contributed by atoms with Gasteiger partial charge in [0, 0.05) is 0 Å². The van der Waals surface area contributed by atoms with Crippen molar-refractivity contribution in [3.05, 3.63) is 94.1 Å². The molecule has 12 heteroatoms. The van der Waals surface area contributed by atoms with E-state index in [1.165, 1.54) is 0 Å². The summed E-state index contributed by atoms with van der Waals surface area (Å²) in [5.41, 5.74) is -0.461. The summed E-state index contributed by atoms with van der Waals surface area (Å²) in [5.74, 6) is -7.39. The van der Waals surface area contributed by atoms with Crippen LogP contribution in [-0.2, 0) is 60.7 Å². The van der Waals surface area contributed by atoms with Crippen LogP contribution in [0.5, 0.6) is 0 Å². The highest BCUT2D eigenvalue weighted by molar-refractivity contribution is 6.29. The second kappa shape index (κ2) is 15.0. The van der Waals surface area contributed by atoms with Gasteiger partial charge in [-0.05, 0) is 38.8 Å². The highest BCUT2D eigenvalue weighted by atomic mass is 16.7. The van der Waals surface area contributed by atoms with Crippen LogP contribution in [0.4, 0.5) is 0 Å². The minimum absolute atomic E-state index is 0.0173. The molecule has 0 N–H and O–H groups in total. The lowest BCUT2D eigenvalue weighted by Gasteiger charge is -2.26. The van der Waals surface area contributed by atoms with E-state index in [9.17, 15) is 19.2 Å². The van der Waals surface area contributed by atoms with Crippen LogP contribution in [0.25, 0.3) is 0 Å². The molecule has 0 atom stereocenters. The third kappa shape index (κ3) is 6.95. The van der Waals surface area contributed by atoms with E-state index in [0.29, 0.717) is 0 Å². The molecule has 45 heavy (non-hydrogen) atoms. The number of ether oxygens (including phenoxy) is 6. The maximum atomic E-state index is 13.7. The first-order chi connectivity index (χ1) is 21.8. The number of carbonyl (C=O) groups excluding carboxylic acids is 4. The Morgan fingerprint density at radius 3 is 1.22 bits per heavy atom. The second-order valence-electron chi connectivity index (χ2n) is 9.42. The first kappa shape index (κ1) is 32.6. The van der Waals surface area contributed by atoms with Crippen LogP contribution in [0.15, 0.2) is 92.9 Å². The summed E-state index contributed by atoms with van der Waals surface area (Å²) in [7, 11) is 0. The SMILES string of the molecule is CCOC(=O)C1=C(C(=O)OCC)C2(OC1=NCc1ccccc1)OC(=NCc1ccccc1)C(C(=O)OCC)=C2C(=O)OCC. The Morgan fingerprint density at radius 2 is 0.889 bits per heavy atom. The molecular formula is C33H34N2O10. The number of benzene rings is 2. The van der Waals surface area contributed by atoms with Crippen molar-refractivity contribution in [2.75, 3.05) is 26.4 Å². The summed E-state index contributed by atoms with van der Waals surface area (Å²) < 4.78 is 33.7. The first-order valence-electron chi connectivity index (χ1n) is 14.5. The van der Waals surface area contributed by atoms with E-state index in [1.807, 2.05) is 12.1 Å². The monoisotopic (exact) mass is 618 g/mol. The summed E-state index contributed by atoms with van der Waals surface area (Å²) in [6.07, 6.45) is 0. The Morgan fingerprint density at radius 1 is 0.556 bits per heavy atom. The summed E-state index contributed by atoms with van der Waals surface area (Å²) in [4.78, 5) is 63.4. The number of carbonyl (C=O) groups is 4. The minimum atomic E-state index is -2.55. The van der Waals surface area contributed by atoms with E-state index in [4.69, 9.17) is 28.4 Å². The van der Waals surface area contributed by atoms with E-state index in [-0.39, 0.29) is 51.3 Å². The van der Waals surface area contributed by atoms with Gasteiger partial charge in [-0.3, -0.25) is 0 Å². The molecule has 0 aromatic heterocycles. The fourth-order valence-corrected chi connectivity index (χ4v) is 4.65. The fraction of sp³-hybridized carbons (Fsp3) is 0.333. The van der Waals surface area contributed by atoms with Crippen LogP contribution in [0.2, 0.25) is 0 Å². The molecular weight excluding hydrogens is 584 g/mol. The van der Waals surface area contributed by atoms with Gasteiger partial charge in [0.1, 0.15) is 22.3 Å². The number of esters is 4. The molecule has 0 aliphatic carbocycles. The molecule has 4 rings (SSSR count). The van der Waals surface area contributed by atoms with E-state index >= 15 is 0 Å². The molecule has 2 aliphatic heterocycles. The zero-order valence-electron chi connectivity index (χ0n) is 25.5. The summed E-state index contributed by atoms with van der Waals surface area (Å²) in [5, 5.41) is 0. The van der Waals surface area contributed by atoms with Crippen LogP contribution in [0, 0.1) is 0 Å². The summed E-state index contributed by atoms with van der Waals surface area (Å²) >= 11 is 0. The molecule has 0 saturated heterocycles. The van der Waals surface area contributed by atoms with Gasteiger partial charge < -0.3 is 28.4 Å². The Hall–Kier alpha value is -5.26. The average Bonchev–Trinajstić information content (AvgIpc) is 3.54. The maximum absolute atomic E-state index is 13.7. The van der Waals surface area contributed by atoms with Gasteiger partial charge in [-0.1, -0.05) is 60.7 Å². The standard InChI is InChI=1S/C33H34N2O10/c1-5-40-29(36)23-25(31(38)42-7-3)33(44-27(23)34-19-21-15-11-9-12-16-21)26(32(39)43-8-4)24(30(37)41-6-2)28(45-33)35-20-22-17-13-10-14-18-22/h9-18H,5-8,19-20H2,1-4H3. The lowest BCUT2D eigenvalue weighted by atomic mass is 9.93. The number of rotatable bonds is 12. The van der Waals surface area contributed by atoms with E-state index in [0.717, 1.165) is 11.1 Å². The number of hydrogen-bond acceptors (Lipinski definition) is 12. The van der Waals surface area contributed by atoms with Gasteiger partial charge in [0.05, 0.1) is 39.5 Å². The normalized spacial score (nSPS) is 19.0. The molecule has 2 heterocycles. The second-order valence-corrected chi connectivity index (χ2v) is 9.42. The fourth-order valence-electron chi connectivity index (χ4n) is 4.65. The van der Waals surface area contributed by atoms with Crippen molar-refractivity contribution in [2.24, 2.45) is 9.98 Å². The van der Waals surface area contributed by atoms with Gasteiger partial charge in [-0.2, -0.15) is 0 Å². The predicted octanol–water partition coefficient (Wildman–Crippen LogP) is 3.79. The third-order valence-corrected chi connectivity index (χ3v) is 6.48. The number of hydrogen-bond donors (Lipinski definition) is 0. The number of aliphatic imine (C=N–C) groups is 2. The molecule has 2 aromatic carbocycles. The van der Waals surface area contributed by atoms with Crippen LogP contribution in [0.3, 0.4) is 0 Å². The van der Waals surface area contributed by atoms with Crippen molar-refractivity contribution in [1.29, 1.82) is 0 Å². The molecule has 2 aliphatic rings. The third-order valence-electron chi connectivity index (χ3n) is 6.48. The smallest absolute Gasteiger partial charge is 0.344 e. The van der Waals surface area contributed by atoms with Gasteiger partial charge in [0.2, 0.25) is 11.8 Å². The van der Waals surface area contributed by atoms with Crippen molar-refractivity contribution in [3.63, 3.8) is 0 Å². The molecule has 0 bridgehead atoms. The molecule has 12 nitrogen and oxygen atoms in total. The predicted molar refractivity (Wildman–Crippen MR) is 161 cm³/mol. The Balaban J connectivity index is 2.02. The quantitative estimate of drug-likeness (QED) is 0.254. The lowest BCUT2D eigenvalue weighted by molar-refractivity contribution is -0.150. The highest BCUT2D eigenvalue weighted by Gasteiger charge is 2.66. The zero-order chi connectivity index (χ0) is 32.4. The van der Waals surface area contributed by atoms with Crippen LogP contribution < -0.4 is 0 Å². The first-order valence-corrected chi connectivity index (χ1v) is 14.5. The molecule has 2 aromatic rings. The van der Waals surface area contributed by atoms with Crippen molar-refractivity contribution in [2.45, 2.75) is 46.6 Å². The Kier molecular flexibility index (Phi) is 10.9. The van der Waals surface area contributed by atoms with Crippen LogP contribution in [0.1, 0.15) is 38.8 Å². The molecule has 0 radical (unpaired) electrons. The van der Waals surface area contributed by atoms with Crippen molar-refractivity contribution < 1.29 is 47.6 Å². The van der Waals surface area contributed by atoms with Gasteiger partial charge in [-0.25, -0.2) is 29.2 Å². The van der Waals surface area contributed by atoms with Crippen molar-refractivity contribution in [3.8, 4) is 0 Å². The van der Waals surface area contributed by atoms with Gasteiger partial charge in [-0.15, -0.1) is 0 Å². The molecule has 0 saturated carbocycles. The Bertz CT molecular complexity index is 1440. The van der Waals surface area contributed by atoms with Gasteiger partial charge in [0.25, 0.3) is 0 Å². The highest BCUT2D eigenvalue weighted by Crippen LogP contribution is 2.48. The molecule has 0 amide bonds. The Labute approximate surface area is 260 Å². The minimum Gasteiger partial charge on any atom is -0.462 e. The van der Waals surface area contributed by atoms with Crippen molar-refractivity contribution in [1.82, 2.24) is 0 Å². The van der Waals surface area contributed by atoms with Gasteiger partial charge in [0.15, 0.2) is 0 Å². The maximum Gasteiger partial charge on any atom is 0.344 e. The van der Waals surface area contributed by atoms with Crippen LogP contribution in [-0.4, -0.2) is 67.9 Å².